The van der Waals surface area contributed by atoms with Crippen molar-refractivity contribution in [1.82, 2.24) is 19.4 Å². The van der Waals surface area contributed by atoms with Crippen LogP contribution in [0.25, 0.3) is 0 Å². The predicted molar refractivity (Wildman–Crippen MR) is 111 cm³/mol. The number of aromatic nitrogens is 2. The molecular weight excluding hydrogens is 372 g/mol. The number of hydrogen-bond donors (Lipinski definition) is 1. The third-order valence-electron chi connectivity index (χ3n) is 4.66. The van der Waals surface area contributed by atoms with Gasteiger partial charge in [0, 0.05) is 18.8 Å². The van der Waals surface area contributed by atoms with Gasteiger partial charge in [0.2, 0.25) is 10.0 Å². The Hall–Kier alpha value is -2.48. The Balaban J connectivity index is 1.64. The van der Waals surface area contributed by atoms with Gasteiger partial charge in [0.05, 0.1) is 12.7 Å². The van der Waals surface area contributed by atoms with E-state index in [-0.39, 0.29) is 10.9 Å². The van der Waals surface area contributed by atoms with E-state index in [1.165, 1.54) is 11.8 Å². The Kier molecular flexibility index (Phi) is 6.61. The minimum Gasteiger partial charge on any atom is -0.305 e. The molecule has 0 bridgehead atoms. The molecule has 0 aliphatic rings. The van der Waals surface area contributed by atoms with E-state index >= 15 is 0 Å². The lowest BCUT2D eigenvalue weighted by atomic mass is 10.1. The van der Waals surface area contributed by atoms with E-state index in [4.69, 9.17) is 0 Å². The van der Waals surface area contributed by atoms with E-state index in [0.717, 1.165) is 12.0 Å². The first kappa shape index (κ1) is 20.3. The summed E-state index contributed by atoms with van der Waals surface area (Å²) in [7, 11) is 0.304. The van der Waals surface area contributed by atoms with Gasteiger partial charge >= 0.3 is 0 Å². The van der Waals surface area contributed by atoms with Gasteiger partial charge in [0.15, 0.2) is 0 Å². The molecule has 2 aromatic carbocycles. The van der Waals surface area contributed by atoms with Crippen LogP contribution in [-0.4, -0.2) is 49.8 Å². The van der Waals surface area contributed by atoms with Crippen LogP contribution in [0.2, 0.25) is 0 Å². The van der Waals surface area contributed by atoms with Gasteiger partial charge in [-0.05, 0) is 31.6 Å². The monoisotopic (exact) mass is 398 g/mol. The summed E-state index contributed by atoms with van der Waals surface area (Å²) in [6, 6.07) is 19.9. The molecule has 0 aliphatic heterocycles. The molecule has 0 amide bonds. The van der Waals surface area contributed by atoms with E-state index in [2.05, 4.69) is 22.0 Å². The molecule has 0 aliphatic carbocycles. The zero-order valence-corrected chi connectivity index (χ0v) is 17.0. The van der Waals surface area contributed by atoms with Gasteiger partial charge in [-0.15, -0.1) is 0 Å². The molecule has 0 radical (unpaired) electrons. The molecule has 1 N–H and O–H groups in total. The number of likely N-dealkylation sites (N-methyl/N-ethyl adjacent to an activating group) is 1. The Morgan fingerprint density at radius 3 is 2.21 bits per heavy atom. The Bertz CT molecular complexity index is 970. The first-order chi connectivity index (χ1) is 13.4. The number of nitrogens with zero attached hydrogens (tertiary/aromatic N) is 3. The highest BCUT2D eigenvalue weighted by molar-refractivity contribution is 7.89. The first-order valence-corrected chi connectivity index (χ1v) is 10.7. The fourth-order valence-electron chi connectivity index (χ4n) is 2.95. The zero-order chi connectivity index (χ0) is 20.0. The molecule has 0 saturated heterocycles. The fourth-order valence-corrected chi connectivity index (χ4v) is 3.98. The van der Waals surface area contributed by atoms with Gasteiger partial charge in [-0.1, -0.05) is 60.7 Å². The third kappa shape index (κ3) is 5.51. The van der Waals surface area contributed by atoms with Gasteiger partial charge in [0.25, 0.3) is 0 Å². The van der Waals surface area contributed by atoms with Crippen molar-refractivity contribution >= 4 is 10.0 Å². The van der Waals surface area contributed by atoms with Crippen LogP contribution in [0.3, 0.4) is 0 Å². The third-order valence-corrected chi connectivity index (χ3v) is 6.04. The van der Waals surface area contributed by atoms with Crippen molar-refractivity contribution in [3.05, 3.63) is 84.2 Å². The van der Waals surface area contributed by atoms with Crippen molar-refractivity contribution in [3.63, 3.8) is 0 Å². The number of hydrogen-bond acceptors (Lipinski definition) is 4. The molecule has 28 heavy (non-hydrogen) atoms. The van der Waals surface area contributed by atoms with Gasteiger partial charge in [-0.2, -0.15) is 5.10 Å². The van der Waals surface area contributed by atoms with Crippen LogP contribution in [0, 0.1) is 0 Å². The Morgan fingerprint density at radius 2 is 1.61 bits per heavy atom. The number of benzene rings is 2. The molecule has 3 rings (SSSR count). The summed E-state index contributed by atoms with van der Waals surface area (Å²) in [6.07, 6.45) is 3.73. The topological polar surface area (TPSA) is 67.2 Å². The predicted octanol–water partition coefficient (Wildman–Crippen LogP) is 2.38. The molecule has 0 fully saturated rings. The smallest absolute Gasteiger partial charge is 0.243 e. The summed E-state index contributed by atoms with van der Waals surface area (Å²) in [6.45, 7) is 0.860. The van der Waals surface area contributed by atoms with Gasteiger partial charge in [-0.3, -0.25) is 4.68 Å². The van der Waals surface area contributed by atoms with Gasteiger partial charge < -0.3 is 4.90 Å². The summed E-state index contributed by atoms with van der Waals surface area (Å²) < 4.78 is 29.8. The number of nitrogens with one attached hydrogen (secondary N) is 1. The SMILES string of the molecule is CN(C)C(CNS(=O)(=O)c1cnn(Cc2ccccc2)c1)Cc1ccccc1. The quantitative estimate of drug-likeness (QED) is 0.601. The maximum absolute atomic E-state index is 12.7. The highest BCUT2D eigenvalue weighted by Gasteiger charge is 2.20. The molecule has 0 spiro atoms. The second-order valence-electron chi connectivity index (χ2n) is 7.02. The normalized spacial score (nSPS) is 13.0. The molecule has 3 aromatic rings. The lowest BCUT2D eigenvalue weighted by Crippen LogP contribution is -2.41. The maximum atomic E-state index is 12.7. The van der Waals surface area contributed by atoms with Gasteiger partial charge in [-0.25, -0.2) is 13.1 Å². The molecule has 1 heterocycles. The second kappa shape index (κ2) is 9.14. The van der Waals surface area contributed by atoms with E-state index in [9.17, 15) is 8.42 Å². The van der Waals surface area contributed by atoms with Crippen LogP contribution < -0.4 is 4.72 Å². The standard InChI is InChI=1S/C21H26N4O2S/c1-24(2)20(13-18-9-5-3-6-10-18)14-23-28(26,27)21-15-22-25(17-21)16-19-11-7-4-8-12-19/h3-12,15,17,20,23H,13-14,16H2,1-2H3. The average Bonchev–Trinajstić information content (AvgIpc) is 3.16. The van der Waals surface area contributed by atoms with E-state index in [0.29, 0.717) is 13.1 Å². The van der Waals surface area contributed by atoms with E-state index in [1.54, 1.807) is 10.9 Å². The minimum atomic E-state index is -3.61. The summed E-state index contributed by atoms with van der Waals surface area (Å²) in [5, 5.41) is 4.19. The van der Waals surface area contributed by atoms with Crippen LogP contribution in [0.4, 0.5) is 0 Å². The molecule has 148 valence electrons. The lowest BCUT2D eigenvalue weighted by Gasteiger charge is -2.24. The van der Waals surface area contributed by atoms with Crippen molar-refractivity contribution in [2.24, 2.45) is 0 Å². The second-order valence-corrected chi connectivity index (χ2v) is 8.79. The molecule has 1 atom stereocenters. The molecule has 6 nitrogen and oxygen atoms in total. The van der Waals surface area contributed by atoms with E-state index in [1.807, 2.05) is 67.5 Å². The number of rotatable bonds is 9. The van der Waals surface area contributed by atoms with Crippen LogP contribution in [0.5, 0.6) is 0 Å². The van der Waals surface area contributed by atoms with Crippen molar-refractivity contribution in [2.75, 3.05) is 20.6 Å². The Morgan fingerprint density at radius 1 is 1.00 bits per heavy atom. The van der Waals surface area contributed by atoms with Crippen molar-refractivity contribution < 1.29 is 8.42 Å². The fraction of sp³-hybridized carbons (Fsp3) is 0.286. The maximum Gasteiger partial charge on any atom is 0.243 e. The highest BCUT2D eigenvalue weighted by Crippen LogP contribution is 2.11. The average molecular weight is 399 g/mol. The summed E-state index contributed by atoms with van der Waals surface area (Å²) in [5.41, 5.74) is 2.24. The molecule has 0 saturated carbocycles. The van der Waals surface area contributed by atoms with Crippen LogP contribution in [-0.2, 0) is 23.0 Å². The molecule has 1 unspecified atom stereocenters. The summed E-state index contributed by atoms with van der Waals surface area (Å²) >= 11 is 0. The van der Waals surface area contributed by atoms with Crippen LogP contribution in [0.15, 0.2) is 78.0 Å². The van der Waals surface area contributed by atoms with E-state index < -0.39 is 10.0 Å². The summed E-state index contributed by atoms with van der Waals surface area (Å²) in [4.78, 5) is 2.22. The van der Waals surface area contributed by atoms with Crippen molar-refractivity contribution in [3.8, 4) is 0 Å². The highest BCUT2D eigenvalue weighted by atomic mass is 32.2. The van der Waals surface area contributed by atoms with Crippen molar-refractivity contribution in [2.45, 2.75) is 23.9 Å². The molecular formula is C21H26N4O2S. The minimum absolute atomic E-state index is 0.0524. The first-order valence-electron chi connectivity index (χ1n) is 9.20. The van der Waals surface area contributed by atoms with Crippen molar-refractivity contribution in [1.29, 1.82) is 0 Å². The zero-order valence-electron chi connectivity index (χ0n) is 16.2. The number of sulfonamides is 1. The summed E-state index contributed by atoms with van der Waals surface area (Å²) in [5.74, 6) is 0. The Labute approximate surface area is 166 Å². The van der Waals surface area contributed by atoms with Gasteiger partial charge in [0.1, 0.15) is 4.90 Å². The molecule has 1 aromatic heterocycles. The van der Waals surface area contributed by atoms with Crippen LogP contribution in [0.1, 0.15) is 11.1 Å². The largest absolute Gasteiger partial charge is 0.305 e. The van der Waals surface area contributed by atoms with Crippen LogP contribution >= 0.6 is 0 Å². The lowest BCUT2D eigenvalue weighted by molar-refractivity contribution is 0.291. The molecule has 7 heteroatoms.